The van der Waals surface area contributed by atoms with Crippen molar-refractivity contribution in [1.29, 1.82) is 0 Å². The van der Waals surface area contributed by atoms with E-state index in [0.717, 1.165) is 22.5 Å². The van der Waals surface area contributed by atoms with Crippen molar-refractivity contribution in [3.05, 3.63) is 47.4 Å². The molecule has 1 unspecified atom stereocenters. The predicted molar refractivity (Wildman–Crippen MR) is 117 cm³/mol. The summed E-state index contributed by atoms with van der Waals surface area (Å²) < 4.78 is 2.10. The number of amides is 1. The van der Waals surface area contributed by atoms with Crippen molar-refractivity contribution in [2.75, 3.05) is 18.0 Å². The molecule has 2 atom stereocenters. The number of carboxylic acid groups (broad SMARTS) is 1. The van der Waals surface area contributed by atoms with Crippen LogP contribution in [0, 0.1) is 0 Å². The maximum absolute atomic E-state index is 11.6. The van der Waals surface area contributed by atoms with Gasteiger partial charge in [0.25, 0.3) is 0 Å². The van der Waals surface area contributed by atoms with Crippen molar-refractivity contribution in [3.8, 4) is 5.69 Å². The van der Waals surface area contributed by atoms with Crippen LogP contribution in [0.5, 0.6) is 0 Å². The summed E-state index contributed by atoms with van der Waals surface area (Å²) in [5, 5.41) is 11.3. The van der Waals surface area contributed by atoms with E-state index in [4.69, 9.17) is 16.6 Å². The van der Waals surface area contributed by atoms with Gasteiger partial charge >= 0.3 is 6.09 Å². The summed E-state index contributed by atoms with van der Waals surface area (Å²) in [6.45, 7) is 5.06. The Morgan fingerprint density at radius 3 is 2.67 bits per heavy atom. The highest BCUT2D eigenvalue weighted by Gasteiger charge is 2.36. The second kappa shape index (κ2) is 7.16. The van der Waals surface area contributed by atoms with E-state index in [0.29, 0.717) is 24.0 Å². The van der Waals surface area contributed by atoms with E-state index in [-0.39, 0.29) is 12.1 Å². The lowest BCUT2D eigenvalue weighted by Crippen LogP contribution is -2.58. The number of hydrogen-bond donors (Lipinski definition) is 1. The molecule has 1 aliphatic heterocycles. The Kier molecular flexibility index (Phi) is 4.58. The van der Waals surface area contributed by atoms with E-state index in [2.05, 4.69) is 27.6 Å². The zero-order valence-electron chi connectivity index (χ0n) is 17.0. The second-order valence-electron chi connectivity index (χ2n) is 8.39. The molecule has 3 aromatic rings. The van der Waals surface area contributed by atoms with E-state index in [1.807, 2.05) is 31.2 Å². The van der Waals surface area contributed by atoms with Gasteiger partial charge in [-0.1, -0.05) is 17.7 Å². The van der Waals surface area contributed by atoms with E-state index >= 15 is 0 Å². The lowest BCUT2D eigenvalue weighted by atomic mass is 10.1. The molecule has 1 amide bonds. The molecular formula is C22H24ClN5O2. The van der Waals surface area contributed by atoms with Crippen LogP contribution in [0.1, 0.15) is 38.2 Å². The van der Waals surface area contributed by atoms with Gasteiger partial charge in [0.05, 0.1) is 5.39 Å². The maximum atomic E-state index is 11.6. The van der Waals surface area contributed by atoms with Crippen LogP contribution in [0.15, 0.2) is 36.8 Å². The van der Waals surface area contributed by atoms with Crippen LogP contribution in [-0.4, -0.2) is 55.8 Å². The molecule has 156 valence electrons. The molecule has 5 rings (SSSR count). The highest BCUT2D eigenvalue weighted by atomic mass is 35.5. The van der Waals surface area contributed by atoms with E-state index in [1.54, 1.807) is 6.33 Å². The van der Waals surface area contributed by atoms with Crippen molar-refractivity contribution < 1.29 is 9.90 Å². The summed E-state index contributed by atoms with van der Waals surface area (Å²) in [6, 6.07) is 7.69. The molecule has 7 nitrogen and oxygen atoms in total. The zero-order chi connectivity index (χ0) is 21.0. The Morgan fingerprint density at radius 1 is 1.17 bits per heavy atom. The molecule has 1 saturated heterocycles. The summed E-state index contributed by atoms with van der Waals surface area (Å²) in [6.07, 6.45) is 5.25. The van der Waals surface area contributed by atoms with Gasteiger partial charge in [-0.3, -0.25) is 0 Å². The van der Waals surface area contributed by atoms with Crippen LogP contribution in [-0.2, 0) is 0 Å². The van der Waals surface area contributed by atoms with Crippen LogP contribution >= 0.6 is 11.6 Å². The normalized spacial score (nSPS) is 22.0. The van der Waals surface area contributed by atoms with Crippen LogP contribution < -0.4 is 4.90 Å². The van der Waals surface area contributed by atoms with E-state index in [1.165, 1.54) is 23.3 Å². The third-order valence-electron chi connectivity index (χ3n) is 6.20. The minimum absolute atomic E-state index is 0.0250. The number of fused-ring (bicyclic) bond motifs is 1. The van der Waals surface area contributed by atoms with E-state index < -0.39 is 6.09 Å². The van der Waals surface area contributed by atoms with Gasteiger partial charge in [0.15, 0.2) is 0 Å². The number of rotatable bonds is 3. The number of piperazine rings is 1. The van der Waals surface area contributed by atoms with Gasteiger partial charge in [-0.05, 0) is 56.4 Å². The minimum Gasteiger partial charge on any atom is -0.465 e. The first-order valence-electron chi connectivity index (χ1n) is 10.3. The first kappa shape index (κ1) is 19.2. The average Bonchev–Trinajstić information content (AvgIpc) is 3.49. The number of anilines is 1. The fraction of sp³-hybridized carbons (Fsp3) is 0.409. The summed E-state index contributed by atoms with van der Waals surface area (Å²) in [5.74, 6) is 1.41. The monoisotopic (exact) mass is 425 g/mol. The number of hydrogen-bond acceptors (Lipinski definition) is 4. The Hall–Kier alpha value is -2.80. The van der Waals surface area contributed by atoms with Gasteiger partial charge in [-0.2, -0.15) is 0 Å². The van der Waals surface area contributed by atoms with Gasteiger partial charge in [-0.25, -0.2) is 14.8 Å². The number of aromatic nitrogens is 3. The SMILES string of the molecule is CC1CN(C(=O)O)[C@@H](C)CN1c1ncnc2c1c(C1CC1)cn2-c1cccc(Cl)c1. The quantitative estimate of drug-likeness (QED) is 0.667. The number of benzene rings is 1. The number of nitrogens with zero attached hydrogens (tertiary/aromatic N) is 5. The standard InChI is InChI=1S/C22H24ClN5O2/c1-13-10-27(22(29)30)14(2)9-26(13)20-19-18(15-6-7-15)11-28(21(19)25-12-24-20)17-5-3-4-16(23)8-17/h3-5,8,11-15H,6-7,9-10H2,1-2H3,(H,29,30)/t13?,14-/m0/s1. The molecule has 2 fully saturated rings. The summed E-state index contributed by atoms with van der Waals surface area (Å²) in [4.78, 5) is 24.7. The van der Waals surface area contributed by atoms with Crippen molar-refractivity contribution in [3.63, 3.8) is 0 Å². The first-order valence-corrected chi connectivity index (χ1v) is 10.7. The molecule has 30 heavy (non-hydrogen) atoms. The minimum atomic E-state index is -0.868. The summed E-state index contributed by atoms with van der Waals surface area (Å²) >= 11 is 6.25. The average molecular weight is 426 g/mol. The highest BCUT2D eigenvalue weighted by Crippen LogP contribution is 2.46. The van der Waals surface area contributed by atoms with Crippen molar-refractivity contribution >= 4 is 34.5 Å². The van der Waals surface area contributed by atoms with Gasteiger partial charge in [0.2, 0.25) is 0 Å². The summed E-state index contributed by atoms with van der Waals surface area (Å²) in [5.41, 5.74) is 3.10. The Morgan fingerprint density at radius 2 is 1.97 bits per heavy atom. The molecule has 0 bridgehead atoms. The van der Waals surface area contributed by atoms with Crippen LogP contribution in [0.2, 0.25) is 5.02 Å². The third-order valence-corrected chi connectivity index (χ3v) is 6.43. The fourth-order valence-electron chi connectivity index (χ4n) is 4.51. The summed E-state index contributed by atoms with van der Waals surface area (Å²) in [7, 11) is 0. The topological polar surface area (TPSA) is 74.5 Å². The third kappa shape index (κ3) is 3.17. The lowest BCUT2D eigenvalue weighted by Gasteiger charge is -2.43. The molecule has 3 heterocycles. The van der Waals surface area contributed by atoms with E-state index in [9.17, 15) is 9.90 Å². The molecule has 0 spiro atoms. The zero-order valence-corrected chi connectivity index (χ0v) is 17.8. The molecule has 1 N–H and O–H groups in total. The van der Waals surface area contributed by atoms with Gasteiger partial charge in [-0.15, -0.1) is 0 Å². The first-order chi connectivity index (χ1) is 14.4. The molecule has 1 aromatic carbocycles. The Balaban J connectivity index is 1.64. The molecule has 1 saturated carbocycles. The van der Waals surface area contributed by atoms with Crippen LogP contribution in [0.4, 0.5) is 10.6 Å². The highest BCUT2D eigenvalue weighted by molar-refractivity contribution is 6.30. The van der Waals surface area contributed by atoms with Gasteiger partial charge in [0.1, 0.15) is 17.8 Å². The van der Waals surface area contributed by atoms with Gasteiger partial charge in [0, 0.05) is 42.1 Å². The fourth-order valence-corrected chi connectivity index (χ4v) is 4.69. The molecular weight excluding hydrogens is 402 g/mol. The van der Waals surface area contributed by atoms with Crippen molar-refractivity contribution in [2.24, 2.45) is 0 Å². The second-order valence-corrected chi connectivity index (χ2v) is 8.83. The van der Waals surface area contributed by atoms with Crippen molar-refractivity contribution in [2.45, 2.75) is 44.7 Å². The Labute approximate surface area is 179 Å². The molecule has 1 aliphatic carbocycles. The number of carbonyl (C=O) groups is 1. The van der Waals surface area contributed by atoms with Gasteiger partial charge < -0.3 is 19.5 Å². The Bertz CT molecular complexity index is 1130. The van der Waals surface area contributed by atoms with Crippen LogP contribution in [0.3, 0.4) is 0 Å². The largest absolute Gasteiger partial charge is 0.465 e. The number of halogens is 1. The molecule has 0 radical (unpaired) electrons. The smallest absolute Gasteiger partial charge is 0.407 e. The molecule has 8 heteroatoms. The van der Waals surface area contributed by atoms with Crippen molar-refractivity contribution in [1.82, 2.24) is 19.4 Å². The predicted octanol–water partition coefficient (Wildman–Crippen LogP) is 4.53. The molecule has 2 aromatic heterocycles. The molecule has 2 aliphatic rings. The lowest BCUT2D eigenvalue weighted by molar-refractivity contribution is 0.114. The maximum Gasteiger partial charge on any atom is 0.407 e. The van der Waals surface area contributed by atoms with Crippen LogP contribution in [0.25, 0.3) is 16.7 Å².